The normalized spacial score (nSPS) is 15.7. The van der Waals surface area contributed by atoms with Crippen molar-refractivity contribution in [2.24, 2.45) is 0 Å². The van der Waals surface area contributed by atoms with Gasteiger partial charge in [0.1, 0.15) is 18.2 Å². The van der Waals surface area contributed by atoms with Gasteiger partial charge in [0.05, 0.1) is 11.0 Å². The highest BCUT2D eigenvalue weighted by Gasteiger charge is 2.18. The number of carboxylic acid groups (broad SMARTS) is 1. The minimum atomic E-state index is -0.879. The fraction of sp³-hybridized carbons (Fsp3) is 0.400. The van der Waals surface area contributed by atoms with Crippen molar-refractivity contribution in [2.45, 2.75) is 26.3 Å². The van der Waals surface area contributed by atoms with Crippen LogP contribution in [0.5, 0.6) is 0 Å². The number of nitrogens with zero attached hydrogens (tertiary/aromatic N) is 3. The number of carboxylic acids is 1. The third-order valence-corrected chi connectivity index (χ3v) is 3.90. The number of anilines is 1. The molecule has 0 bridgehead atoms. The maximum absolute atomic E-state index is 11.3. The number of rotatable bonds is 3. The van der Waals surface area contributed by atoms with E-state index in [0.29, 0.717) is 24.4 Å². The topological polar surface area (TPSA) is 75.4 Å². The summed E-state index contributed by atoms with van der Waals surface area (Å²) in [6.45, 7) is 3.19. The van der Waals surface area contributed by atoms with E-state index in [4.69, 9.17) is 5.11 Å². The number of carbonyl (C=O) groups excluding carboxylic acids is 1. The molecule has 1 aromatic carbocycles. The van der Waals surface area contributed by atoms with Crippen LogP contribution in [0.1, 0.15) is 18.7 Å². The van der Waals surface area contributed by atoms with Crippen LogP contribution in [-0.2, 0) is 16.1 Å². The van der Waals surface area contributed by atoms with Gasteiger partial charge < -0.3 is 14.6 Å². The second kappa shape index (κ2) is 5.20. The minimum absolute atomic E-state index is 0.0834. The van der Waals surface area contributed by atoms with Gasteiger partial charge in [-0.15, -0.1) is 0 Å². The molecule has 110 valence electrons. The van der Waals surface area contributed by atoms with Crippen LogP contribution in [0.3, 0.4) is 0 Å². The number of imidazole rings is 1. The molecule has 1 aliphatic rings. The number of aryl methyl sites for hydroxylation is 1. The third kappa shape index (κ3) is 2.61. The van der Waals surface area contributed by atoms with Gasteiger partial charge in [0.15, 0.2) is 0 Å². The van der Waals surface area contributed by atoms with Crippen LogP contribution in [0, 0.1) is 6.92 Å². The Kier molecular flexibility index (Phi) is 3.37. The van der Waals surface area contributed by atoms with E-state index in [0.717, 1.165) is 29.8 Å². The van der Waals surface area contributed by atoms with Gasteiger partial charge in [-0.2, -0.15) is 0 Å². The summed E-state index contributed by atoms with van der Waals surface area (Å²) in [4.78, 5) is 28.8. The maximum atomic E-state index is 11.3. The Labute approximate surface area is 122 Å². The Hall–Kier alpha value is -2.37. The average molecular weight is 287 g/mol. The number of hydrogen-bond acceptors (Lipinski definition) is 4. The van der Waals surface area contributed by atoms with Gasteiger partial charge in [-0.05, 0) is 25.1 Å². The molecule has 1 N–H and O–H groups in total. The predicted octanol–water partition coefficient (Wildman–Crippen LogP) is 1.60. The lowest BCUT2D eigenvalue weighted by molar-refractivity contribution is -0.137. The van der Waals surface area contributed by atoms with Gasteiger partial charge in [-0.1, -0.05) is 0 Å². The number of carbonyl (C=O) groups is 2. The molecule has 6 heteroatoms. The van der Waals surface area contributed by atoms with Crippen molar-refractivity contribution in [2.75, 3.05) is 18.0 Å². The summed E-state index contributed by atoms with van der Waals surface area (Å²) >= 11 is 0. The summed E-state index contributed by atoms with van der Waals surface area (Å²) in [6.07, 6.45) is 1.18. The molecular weight excluding hydrogens is 270 g/mol. The molecule has 1 fully saturated rings. The molecule has 0 unspecified atom stereocenters. The molecule has 0 amide bonds. The zero-order valence-corrected chi connectivity index (χ0v) is 11.9. The Morgan fingerprint density at radius 1 is 1.33 bits per heavy atom. The van der Waals surface area contributed by atoms with Crippen LogP contribution in [-0.4, -0.2) is 39.5 Å². The molecule has 2 aromatic rings. The Morgan fingerprint density at radius 3 is 2.71 bits per heavy atom. The minimum Gasteiger partial charge on any atom is -0.480 e. The van der Waals surface area contributed by atoms with Gasteiger partial charge >= 0.3 is 5.97 Å². The van der Waals surface area contributed by atoms with E-state index >= 15 is 0 Å². The van der Waals surface area contributed by atoms with E-state index in [2.05, 4.69) is 9.88 Å². The molecule has 1 aromatic heterocycles. The molecule has 2 heterocycles. The zero-order chi connectivity index (χ0) is 15.0. The fourth-order valence-electron chi connectivity index (χ4n) is 2.78. The third-order valence-electron chi connectivity index (χ3n) is 3.90. The van der Waals surface area contributed by atoms with Gasteiger partial charge in [0, 0.05) is 31.6 Å². The number of piperidine rings is 1. The van der Waals surface area contributed by atoms with Crippen LogP contribution in [0.4, 0.5) is 5.69 Å². The molecule has 21 heavy (non-hydrogen) atoms. The van der Waals surface area contributed by atoms with Crippen molar-refractivity contribution in [1.82, 2.24) is 9.55 Å². The molecule has 0 saturated carbocycles. The molecule has 6 nitrogen and oxygen atoms in total. The predicted molar refractivity (Wildman–Crippen MR) is 78.6 cm³/mol. The highest BCUT2D eigenvalue weighted by molar-refractivity contribution is 5.84. The smallest absolute Gasteiger partial charge is 0.323 e. The van der Waals surface area contributed by atoms with E-state index < -0.39 is 5.97 Å². The standard InChI is InChI=1S/C15H17N3O3/c1-10-16-13-8-11(17-6-4-12(19)5-7-17)2-3-14(13)18(10)9-15(20)21/h2-3,8H,4-7,9H2,1H3,(H,20,21). The van der Waals surface area contributed by atoms with Crippen molar-refractivity contribution < 1.29 is 14.7 Å². The highest BCUT2D eigenvalue weighted by atomic mass is 16.4. The summed E-state index contributed by atoms with van der Waals surface area (Å²) in [6, 6.07) is 5.85. The Morgan fingerprint density at radius 2 is 2.05 bits per heavy atom. The molecule has 1 saturated heterocycles. The quantitative estimate of drug-likeness (QED) is 0.928. The van der Waals surface area contributed by atoms with Crippen molar-refractivity contribution in [1.29, 1.82) is 0 Å². The van der Waals surface area contributed by atoms with Gasteiger partial charge in [0.25, 0.3) is 0 Å². The van der Waals surface area contributed by atoms with Gasteiger partial charge in [-0.3, -0.25) is 9.59 Å². The first-order valence-corrected chi connectivity index (χ1v) is 7.00. The second-order valence-corrected chi connectivity index (χ2v) is 5.34. The van der Waals surface area contributed by atoms with Crippen LogP contribution in [0.2, 0.25) is 0 Å². The van der Waals surface area contributed by atoms with Gasteiger partial charge in [0.2, 0.25) is 0 Å². The number of fused-ring (bicyclic) bond motifs is 1. The van der Waals surface area contributed by atoms with Crippen LogP contribution < -0.4 is 4.90 Å². The number of aliphatic carboxylic acids is 1. The van der Waals surface area contributed by atoms with E-state index in [1.165, 1.54) is 0 Å². The monoisotopic (exact) mass is 287 g/mol. The lowest BCUT2D eigenvalue weighted by atomic mass is 10.1. The fourth-order valence-corrected chi connectivity index (χ4v) is 2.78. The summed E-state index contributed by atoms with van der Waals surface area (Å²) in [5, 5.41) is 8.96. The van der Waals surface area contributed by atoms with E-state index in [1.54, 1.807) is 4.57 Å². The maximum Gasteiger partial charge on any atom is 0.323 e. The molecule has 3 rings (SSSR count). The van der Waals surface area contributed by atoms with E-state index in [-0.39, 0.29) is 6.54 Å². The number of benzene rings is 1. The number of aromatic nitrogens is 2. The summed E-state index contributed by atoms with van der Waals surface area (Å²) in [7, 11) is 0. The van der Waals surface area contributed by atoms with Crippen molar-refractivity contribution in [3.63, 3.8) is 0 Å². The molecule has 0 spiro atoms. The first-order chi connectivity index (χ1) is 10.0. The molecule has 0 radical (unpaired) electrons. The first-order valence-electron chi connectivity index (χ1n) is 7.00. The van der Waals surface area contributed by atoms with Gasteiger partial charge in [-0.25, -0.2) is 4.98 Å². The van der Waals surface area contributed by atoms with Crippen LogP contribution in [0.15, 0.2) is 18.2 Å². The number of hydrogen-bond donors (Lipinski definition) is 1. The van der Waals surface area contributed by atoms with Crippen LogP contribution >= 0.6 is 0 Å². The second-order valence-electron chi connectivity index (χ2n) is 5.34. The van der Waals surface area contributed by atoms with Crippen molar-refractivity contribution >= 4 is 28.5 Å². The first kappa shape index (κ1) is 13.6. The average Bonchev–Trinajstić information content (AvgIpc) is 2.74. The van der Waals surface area contributed by atoms with E-state index in [1.807, 2.05) is 25.1 Å². The largest absolute Gasteiger partial charge is 0.480 e. The summed E-state index contributed by atoms with van der Waals surface area (Å²) < 4.78 is 1.70. The van der Waals surface area contributed by atoms with Crippen LogP contribution in [0.25, 0.3) is 11.0 Å². The highest BCUT2D eigenvalue weighted by Crippen LogP contribution is 2.24. The Balaban J connectivity index is 1.94. The SMILES string of the molecule is Cc1nc2cc(N3CCC(=O)CC3)ccc2n1CC(=O)O. The lowest BCUT2D eigenvalue weighted by Gasteiger charge is -2.28. The summed E-state index contributed by atoms with van der Waals surface area (Å²) in [5.41, 5.74) is 2.66. The molecular formula is C15H17N3O3. The number of Topliss-reactive ketones (excluding diaryl/α,β-unsaturated/α-hetero) is 1. The van der Waals surface area contributed by atoms with Crippen molar-refractivity contribution in [3.05, 3.63) is 24.0 Å². The molecule has 0 atom stereocenters. The Bertz CT molecular complexity index is 710. The molecule has 1 aliphatic heterocycles. The zero-order valence-electron chi connectivity index (χ0n) is 11.9. The summed E-state index contributed by atoms with van der Waals surface area (Å²) in [5.74, 6) is 0.128. The lowest BCUT2D eigenvalue weighted by Crippen LogP contribution is -2.33. The number of ketones is 1. The van der Waals surface area contributed by atoms with E-state index in [9.17, 15) is 9.59 Å². The van der Waals surface area contributed by atoms with Crippen molar-refractivity contribution in [3.8, 4) is 0 Å². The molecule has 0 aliphatic carbocycles.